The monoisotopic (exact) mass is 442 g/mol. The van der Waals surface area contributed by atoms with E-state index < -0.39 is 5.97 Å². The molecule has 0 saturated heterocycles. The van der Waals surface area contributed by atoms with Crippen molar-refractivity contribution in [1.29, 1.82) is 0 Å². The predicted octanol–water partition coefficient (Wildman–Crippen LogP) is 8.67. The third-order valence-electron chi connectivity index (χ3n) is 11.1. The van der Waals surface area contributed by atoms with Gasteiger partial charge in [0.25, 0.3) is 0 Å². The summed E-state index contributed by atoms with van der Waals surface area (Å²) in [5.74, 6) is 2.89. The molecule has 32 heavy (non-hydrogen) atoms. The molecule has 0 aromatic carbocycles. The van der Waals surface area contributed by atoms with Crippen molar-refractivity contribution in [1.82, 2.24) is 0 Å². The number of carboxylic acid groups (broad SMARTS) is 1. The van der Waals surface area contributed by atoms with Gasteiger partial charge in [0.15, 0.2) is 0 Å². The number of hydrogen-bond acceptors (Lipinski definition) is 1. The van der Waals surface area contributed by atoms with E-state index in [1.165, 1.54) is 62.5 Å². The Labute approximate surface area is 198 Å². The summed E-state index contributed by atoms with van der Waals surface area (Å²) in [6.07, 6.45) is 13.8. The molecule has 8 atom stereocenters. The second-order valence-corrected chi connectivity index (χ2v) is 12.9. The van der Waals surface area contributed by atoms with Gasteiger partial charge in [0, 0.05) is 6.42 Å². The van der Waals surface area contributed by atoms with Crippen LogP contribution in [-0.4, -0.2) is 11.1 Å². The molecule has 3 aliphatic rings. The second kappa shape index (κ2) is 9.30. The van der Waals surface area contributed by atoms with Gasteiger partial charge in [-0.05, 0) is 124 Å². The molecule has 0 spiro atoms. The van der Waals surface area contributed by atoms with Crippen LogP contribution in [-0.2, 0) is 4.79 Å². The van der Waals surface area contributed by atoms with Gasteiger partial charge in [0.05, 0.1) is 0 Å². The molecule has 0 bridgehead atoms. The molecule has 3 aliphatic carbocycles. The van der Waals surface area contributed by atoms with Crippen molar-refractivity contribution in [2.75, 3.05) is 0 Å². The zero-order valence-electron chi connectivity index (χ0n) is 22.1. The van der Waals surface area contributed by atoms with Crippen LogP contribution in [0.4, 0.5) is 0 Å². The molecule has 0 heterocycles. The Bertz CT molecular complexity index is 746. The first-order valence-electron chi connectivity index (χ1n) is 13.4. The number of aliphatic carboxylic acids is 1. The maximum atomic E-state index is 11.6. The number of fused-ring (bicyclic) bond motifs is 3. The maximum absolute atomic E-state index is 11.6. The lowest BCUT2D eigenvalue weighted by Crippen LogP contribution is -2.59. The Balaban J connectivity index is 1.87. The molecule has 0 radical (unpaired) electrons. The van der Waals surface area contributed by atoms with Crippen LogP contribution < -0.4 is 0 Å². The molecule has 1 N–H and O–H groups in total. The first kappa shape index (κ1) is 25.6. The fourth-order valence-electron chi connectivity index (χ4n) is 9.23. The molecule has 3 rings (SSSR count). The highest BCUT2D eigenvalue weighted by molar-refractivity contribution is 5.66. The Hall–Kier alpha value is -1.05. The first-order chi connectivity index (χ1) is 14.9. The van der Waals surface area contributed by atoms with Crippen LogP contribution in [0, 0.1) is 45.8 Å². The minimum absolute atomic E-state index is 0.0539. The maximum Gasteiger partial charge on any atom is 0.303 e. The molecule has 2 nitrogen and oxygen atoms in total. The molecule has 0 aromatic rings. The fourth-order valence-corrected chi connectivity index (χ4v) is 9.23. The van der Waals surface area contributed by atoms with Crippen molar-refractivity contribution in [2.24, 2.45) is 45.8 Å². The Morgan fingerprint density at radius 2 is 1.72 bits per heavy atom. The lowest BCUT2D eigenvalue weighted by atomic mass is 9.38. The zero-order valence-corrected chi connectivity index (χ0v) is 22.1. The Morgan fingerprint density at radius 1 is 1.06 bits per heavy atom. The van der Waals surface area contributed by atoms with Crippen molar-refractivity contribution in [3.8, 4) is 0 Å². The average molecular weight is 443 g/mol. The van der Waals surface area contributed by atoms with Gasteiger partial charge in [-0.1, -0.05) is 51.5 Å². The summed E-state index contributed by atoms with van der Waals surface area (Å²) >= 11 is 0. The molecule has 0 amide bonds. The molecule has 2 heteroatoms. The number of hydrogen-bond donors (Lipinski definition) is 1. The Kier molecular flexibility index (Phi) is 7.43. The van der Waals surface area contributed by atoms with Gasteiger partial charge >= 0.3 is 5.97 Å². The van der Waals surface area contributed by atoms with E-state index in [0.717, 1.165) is 24.2 Å². The normalized spacial score (nSPS) is 42.0. The van der Waals surface area contributed by atoms with Crippen molar-refractivity contribution < 1.29 is 9.90 Å². The van der Waals surface area contributed by atoms with Gasteiger partial charge in [-0.2, -0.15) is 0 Å². The Morgan fingerprint density at radius 3 is 2.31 bits per heavy atom. The van der Waals surface area contributed by atoms with Crippen molar-refractivity contribution in [3.05, 3.63) is 23.8 Å². The number of allylic oxidation sites excluding steroid dienone is 3. The van der Waals surface area contributed by atoms with Crippen LogP contribution in [0.1, 0.15) is 113 Å². The van der Waals surface area contributed by atoms with Crippen LogP contribution >= 0.6 is 0 Å². The first-order valence-corrected chi connectivity index (χ1v) is 13.4. The summed E-state index contributed by atoms with van der Waals surface area (Å²) in [4.78, 5) is 11.6. The molecule has 182 valence electrons. The third kappa shape index (κ3) is 4.25. The summed E-state index contributed by atoms with van der Waals surface area (Å²) in [5.41, 5.74) is 3.46. The summed E-state index contributed by atoms with van der Waals surface area (Å²) in [6.45, 7) is 21.1. The smallest absolute Gasteiger partial charge is 0.303 e. The van der Waals surface area contributed by atoms with Gasteiger partial charge in [-0.25, -0.2) is 0 Å². The number of rotatable bonds is 8. The highest BCUT2D eigenvalue weighted by Crippen LogP contribution is 2.73. The number of carbonyl (C=O) groups is 1. The van der Waals surface area contributed by atoms with Crippen LogP contribution in [0.25, 0.3) is 0 Å². The summed E-state index contributed by atoms with van der Waals surface area (Å²) in [7, 11) is 0. The van der Waals surface area contributed by atoms with Crippen molar-refractivity contribution in [3.63, 3.8) is 0 Å². The third-order valence-corrected chi connectivity index (χ3v) is 11.1. The van der Waals surface area contributed by atoms with Crippen LogP contribution in [0.15, 0.2) is 23.8 Å². The molecule has 8 unspecified atom stereocenters. The highest BCUT2D eigenvalue weighted by atomic mass is 16.4. The fraction of sp³-hybridized carbons (Fsp3) is 0.833. The summed E-state index contributed by atoms with van der Waals surface area (Å²) < 4.78 is 0. The van der Waals surface area contributed by atoms with E-state index in [1.54, 1.807) is 0 Å². The predicted molar refractivity (Wildman–Crippen MR) is 135 cm³/mol. The van der Waals surface area contributed by atoms with Gasteiger partial charge in [-0.3, -0.25) is 4.79 Å². The summed E-state index contributed by atoms with van der Waals surface area (Å²) in [6, 6.07) is 0. The van der Waals surface area contributed by atoms with Crippen LogP contribution in [0.5, 0.6) is 0 Å². The van der Waals surface area contributed by atoms with E-state index in [2.05, 4.69) is 61.1 Å². The SMILES string of the molecule is C=C(C)C1CCC2(C)C(CCC3C(C(C)CCC=C(C)C)CCC32C)C1(C)CCC(=O)O. The largest absolute Gasteiger partial charge is 0.481 e. The molecule has 3 saturated carbocycles. The minimum atomic E-state index is -0.648. The minimum Gasteiger partial charge on any atom is -0.481 e. The topological polar surface area (TPSA) is 37.3 Å². The van der Waals surface area contributed by atoms with Gasteiger partial charge < -0.3 is 5.11 Å². The van der Waals surface area contributed by atoms with Gasteiger partial charge in [-0.15, -0.1) is 0 Å². The molecular weight excluding hydrogens is 392 g/mol. The quantitative estimate of drug-likeness (QED) is 0.382. The van der Waals surface area contributed by atoms with Crippen molar-refractivity contribution in [2.45, 2.75) is 113 Å². The number of carboxylic acids is 1. The molecular formula is C30H50O2. The van der Waals surface area contributed by atoms with E-state index in [9.17, 15) is 9.90 Å². The van der Waals surface area contributed by atoms with E-state index in [0.29, 0.717) is 22.7 Å². The van der Waals surface area contributed by atoms with E-state index in [-0.39, 0.29) is 11.8 Å². The molecule has 0 aromatic heterocycles. The van der Waals surface area contributed by atoms with Gasteiger partial charge in [0.2, 0.25) is 0 Å². The zero-order chi connectivity index (χ0) is 23.9. The highest BCUT2D eigenvalue weighted by Gasteiger charge is 2.66. The van der Waals surface area contributed by atoms with E-state index in [1.807, 2.05) is 0 Å². The van der Waals surface area contributed by atoms with Gasteiger partial charge in [0.1, 0.15) is 0 Å². The lowest BCUT2D eigenvalue weighted by molar-refractivity contribution is -0.172. The summed E-state index contributed by atoms with van der Waals surface area (Å²) in [5, 5.41) is 9.52. The van der Waals surface area contributed by atoms with Crippen LogP contribution in [0.2, 0.25) is 0 Å². The average Bonchev–Trinajstić information content (AvgIpc) is 3.04. The molecule has 0 aliphatic heterocycles. The molecule has 3 fully saturated rings. The standard InChI is InChI=1S/C30H50O2/c1-20(2)10-9-11-22(5)23-14-18-29(7)25(23)12-13-26-28(6,17-16-27(31)32)24(21(3)4)15-19-30(26,29)8/h10,22-26H,3,9,11-19H2,1-2,4-8H3,(H,31,32). The van der Waals surface area contributed by atoms with E-state index in [4.69, 9.17) is 0 Å². The lowest BCUT2D eigenvalue weighted by Gasteiger charge is -2.66. The van der Waals surface area contributed by atoms with Crippen LogP contribution in [0.3, 0.4) is 0 Å². The van der Waals surface area contributed by atoms with E-state index >= 15 is 0 Å². The van der Waals surface area contributed by atoms with Crippen molar-refractivity contribution >= 4 is 5.97 Å². The second-order valence-electron chi connectivity index (χ2n) is 12.9.